The zero-order valence-corrected chi connectivity index (χ0v) is 5.89. The van der Waals surface area contributed by atoms with Crippen LogP contribution in [0.2, 0.25) is 0 Å². The first kappa shape index (κ1) is 6.59. The first-order valence-electron chi connectivity index (χ1n) is 3.40. The highest BCUT2D eigenvalue weighted by Gasteiger charge is 2.23. The van der Waals surface area contributed by atoms with Gasteiger partial charge in [0, 0.05) is 0 Å². The number of rotatable bonds is 0. The van der Waals surface area contributed by atoms with Crippen molar-refractivity contribution in [3.8, 4) is 0 Å². The Morgan fingerprint density at radius 1 is 1.44 bits per heavy atom. The molecule has 2 atom stereocenters. The average molecular weight is 128 g/mol. The van der Waals surface area contributed by atoms with Gasteiger partial charge in [0.05, 0.1) is 12.0 Å². The summed E-state index contributed by atoms with van der Waals surface area (Å²) in [7, 11) is 0. The summed E-state index contributed by atoms with van der Waals surface area (Å²) in [5.74, 6) is 0.0925. The Bertz CT molecular complexity index is 120. The van der Waals surface area contributed by atoms with Gasteiger partial charge in [0.15, 0.2) is 0 Å². The molecule has 1 aliphatic rings. The Balaban J connectivity index is 2.44. The van der Waals surface area contributed by atoms with Crippen LogP contribution in [0.5, 0.6) is 0 Å². The Morgan fingerprint density at radius 3 is 2.56 bits per heavy atom. The first-order chi connectivity index (χ1) is 4.20. The molecule has 1 heterocycles. The van der Waals surface area contributed by atoms with E-state index in [2.05, 4.69) is 0 Å². The van der Waals surface area contributed by atoms with Gasteiger partial charge in [-0.15, -0.1) is 0 Å². The van der Waals surface area contributed by atoms with Gasteiger partial charge < -0.3 is 4.74 Å². The van der Waals surface area contributed by atoms with Crippen LogP contribution >= 0.6 is 0 Å². The number of ether oxygens (including phenoxy) is 1. The zero-order valence-electron chi connectivity index (χ0n) is 5.89. The van der Waals surface area contributed by atoms with E-state index in [1.54, 1.807) is 0 Å². The predicted molar refractivity (Wildman–Crippen MR) is 34.0 cm³/mol. The Kier molecular flexibility index (Phi) is 1.74. The van der Waals surface area contributed by atoms with Crippen molar-refractivity contribution in [1.82, 2.24) is 0 Å². The van der Waals surface area contributed by atoms with Crippen LogP contribution in [0.25, 0.3) is 0 Å². The summed E-state index contributed by atoms with van der Waals surface area (Å²) in [5, 5.41) is 0. The van der Waals surface area contributed by atoms with Crippen LogP contribution in [0.1, 0.15) is 26.7 Å². The predicted octanol–water partition coefficient (Wildman–Crippen LogP) is 1.35. The minimum Gasteiger partial charge on any atom is -0.462 e. The standard InChI is InChI=1S/C7H12O2/c1-5-3-4-6(2)9-7(5)8/h5-6H,3-4H2,1-2H3/t5-,6+/m0/s1. The molecule has 0 bridgehead atoms. The van der Waals surface area contributed by atoms with Crippen molar-refractivity contribution in [3.05, 3.63) is 0 Å². The van der Waals surface area contributed by atoms with Crippen LogP contribution in [0.3, 0.4) is 0 Å². The highest BCUT2D eigenvalue weighted by Crippen LogP contribution is 2.18. The van der Waals surface area contributed by atoms with Crippen molar-refractivity contribution < 1.29 is 9.53 Å². The van der Waals surface area contributed by atoms with Gasteiger partial charge in [-0.05, 0) is 19.8 Å². The maximum Gasteiger partial charge on any atom is 0.308 e. The molecule has 0 aromatic heterocycles. The number of hydrogen-bond acceptors (Lipinski definition) is 2. The minimum atomic E-state index is -0.0336. The summed E-state index contributed by atoms with van der Waals surface area (Å²) in [6.07, 6.45) is 2.15. The minimum absolute atomic E-state index is 0.0336. The lowest BCUT2D eigenvalue weighted by molar-refractivity contribution is -0.158. The summed E-state index contributed by atoms with van der Waals surface area (Å²) >= 11 is 0. The van der Waals surface area contributed by atoms with Gasteiger partial charge in [-0.3, -0.25) is 4.79 Å². The Labute approximate surface area is 55.2 Å². The van der Waals surface area contributed by atoms with E-state index in [1.165, 1.54) is 0 Å². The van der Waals surface area contributed by atoms with Crippen LogP contribution < -0.4 is 0 Å². The van der Waals surface area contributed by atoms with E-state index in [4.69, 9.17) is 4.74 Å². The van der Waals surface area contributed by atoms with E-state index >= 15 is 0 Å². The maximum atomic E-state index is 10.8. The lowest BCUT2D eigenvalue weighted by atomic mass is 10.0. The Morgan fingerprint density at radius 2 is 2.11 bits per heavy atom. The molecule has 9 heavy (non-hydrogen) atoms. The highest BCUT2D eigenvalue weighted by molar-refractivity contribution is 5.72. The molecule has 0 aromatic carbocycles. The van der Waals surface area contributed by atoms with Gasteiger partial charge in [0.25, 0.3) is 0 Å². The van der Waals surface area contributed by atoms with E-state index in [1.807, 2.05) is 13.8 Å². The fourth-order valence-electron chi connectivity index (χ4n) is 0.976. The van der Waals surface area contributed by atoms with E-state index in [9.17, 15) is 4.79 Å². The smallest absolute Gasteiger partial charge is 0.308 e. The third-order valence-electron chi connectivity index (χ3n) is 1.73. The molecule has 0 spiro atoms. The average Bonchev–Trinajstić information content (AvgIpc) is 1.80. The maximum absolute atomic E-state index is 10.8. The molecule has 1 aliphatic heterocycles. The summed E-state index contributed by atoms with van der Waals surface area (Å²) in [6.45, 7) is 3.85. The van der Waals surface area contributed by atoms with Crippen molar-refractivity contribution in [2.75, 3.05) is 0 Å². The number of carbonyl (C=O) groups is 1. The summed E-state index contributed by atoms with van der Waals surface area (Å²) in [6, 6.07) is 0. The van der Waals surface area contributed by atoms with Crippen LogP contribution in [0, 0.1) is 5.92 Å². The SMILES string of the molecule is C[C@@H]1CC[C@H](C)C(=O)O1. The molecule has 52 valence electrons. The molecule has 0 aliphatic carbocycles. The second kappa shape index (κ2) is 2.38. The molecule has 0 radical (unpaired) electrons. The van der Waals surface area contributed by atoms with E-state index in [-0.39, 0.29) is 18.0 Å². The number of hydrogen-bond donors (Lipinski definition) is 0. The van der Waals surface area contributed by atoms with Crippen LogP contribution in [-0.2, 0) is 9.53 Å². The lowest BCUT2D eigenvalue weighted by Crippen LogP contribution is -2.27. The topological polar surface area (TPSA) is 26.3 Å². The van der Waals surface area contributed by atoms with Gasteiger partial charge in [0.2, 0.25) is 0 Å². The molecule has 0 amide bonds. The lowest BCUT2D eigenvalue weighted by Gasteiger charge is -2.22. The van der Waals surface area contributed by atoms with Crippen molar-refractivity contribution >= 4 is 5.97 Å². The molecule has 2 nitrogen and oxygen atoms in total. The molecular formula is C7H12O2. The van der Waals surface area contributed by atoms with Crippen molar-refractivity contribution in [1.29, 1.82) is 0 Å². The molecule has 0 unspecified atom stereocenters. The largest absolute Gasteiger partial charge is 0.462 e. The van der Waals surface area contributed by atoms with E-state index in [0.29, 0.717) is 0 Å². The molecule has 1 rings (SSSR count). The van der Waals surface area contributed by atoms with Crippen molar-refractivity contribution in [2.45, 2.75) is 32.8 Å². The van der Waals surface area contributed by atoms with Crippen LogP contribution in [0.4, 0.5) is 0 Å². The molecule has 1 saturated heterocycles. The monoisotopic (exact) mass is 128 g/mol. The summed E-state index contributed by atoms with van der Waals surface area (Å²) < 4.78 is 4.96. The molecular weight excluding hydrogens is 116 g/mol. The Hall–Kier alpha value is -0.530. The fraction of sp³-hybridized carbons (Fsp3) is 0.857. The molecule has 1 fully saturated rings. The highest BCUT2D eigenvalue weighted by atomic mass is 16.5. The molecule has 0 N–H and O–H groups in total. The third kappa shape index (κ3) is 1.44. The van der Waals surface area contributed by atoms with E-state index < -0.39 is 0 Å². The third-order valence-corrected chi connectivity index (χ3v) is 1.73. The quantitative estimate of drug-likeness (QED) is 0.460. The fourth-order valence-corrected chi connectivity index (χ4v) is 0.976. The molecule has 2 heteroatoms. The van der Waals surface area contributed by atoms with Crippen molar-refractivity contribution in [3.63, 3.8) is 0 Å². The summed E-state index contributed by atoms with van der Waals surface area (Å²) in [4.78, 5) is 10.8. The number of esters is 1. The van der Waals surface area contributed by atoms with Gasteiger partial charge in [-0.25, -0.2) is 0 Å². The van der Waals surface area contributed by atoms with Gasteiger partial charge in [-0.1, -0.05) is 6.92 Å². The van der Waals surface area contributed by atoms with Crippen molar-refractivity contribution in [2.24, 2.45) is 5.92 Å². The second-order valence-corrected chi connectivity index (χ2v) is 2.73. The molecule has 0 aromatic rings. The second-order valence-electron chi connectivity index (χ2n) is 2.73. The molecule has 0 saturated carbocycles. The first-order valence-corrected chi connectivity index (χ1v) is 3.40. The van der Waals surface area contributed by atoms with Gasteiger partial charge >= 0.3 is 5.97 Å². The number of carbonyl (C=O) groups excluding carboxylic acids is 1. The normalized spacial score (nSPS) is 36.0. The van der Waals surface area contributed by atoms with Crippen LogP contribution in [0.15, 0.2) is 0 Å². The van der Waals surface area contributed by atoms with Gasteiger partial charge in [-0.2, -0.15) is 0 Å². The summed E-state index contributed by atoms with van der Waals surface area (Å²) in [5.41, 5.74) is 0. The van der Waals surface area contributed by atoms with E-state index in [0.717, 1.165) is 12.8 Å². The van der Waals surface area contributed by atoms with Gasteiger partial charge in [0.1, 0.15) is 0 Å². The van der Waals surface area contributed by atoms with Crippen LogP contribution in [-0.4, -0.2) is 12.1 Å². The zero-order chi connectivity index (χ0) is 6.85. The number of cyclic esters (lactones) is 1.